The number of fused-ring (bicyclic) bond motifs is 1. The summed E-state index contributed by atoms with van der Waals surface area (Å²) in [4.78, 5) is 21.1. The predicted octanol–water partition coefficient (Wildman–Crippen LogP) is 3.19. The fourth-order valence-electron chi connectivity index (χ4n) is 2.79. The summed E-state index contributed by atoms with van der Waals surface area (Å²) >= 11 is 5.92. The maximum absolute atomic E-state index is 12.4. The summed E-state index contributed by atoms with van der Waals surface area (Å²) in [5.74, 6) is 1.16. The highest BCUT2D eigenvalue weighted by Crippen LogP contribution is 2.34. The number of nitrogens with two attached hydrogens (primary N) is 1. The van der Waals surface area contributed by atoms with Crippen molar-refractivity contribution < 1.29 is 4.79 Å². The summed E-state index contributed by atoms with van der Waals surface area (Å²) in [5.41, 5.74) is 8.31. The molecule has 1 atom stereocenters. The van der Waals surface area contributed by atoms with E-state index in [9.17, 15) is 4.79 Å². The number of nitrogens with zero attached hydrogens (tertiary/aromatic N) is 2. The molecule has 0 spiro atoms. The maximum atomic E-state index is 12.4. The molecule has 0 unspecified atom stereocenters. The van der Waals surface area contributed by atoms with Crippen LogP contribution < -0.4 is 5.73 Å². The van der Waals surface area contributed by atoms with Gasteiger partial charge in [0.15, 0.2) is 5.78 Å². The summed E-state index contributed by atoms with van der Waals surface area (Å²) in [6.07, 6.45) is 1.85. The zero-order valence-electron chi connectivity index (χ0n) is 11.8. The topological polar surface area (TPSA) is 68.9 Å². The third-order valence-corrected chi connectivity index (χ3v) is 4.12. The van der Waals surface area contributed by atoms with Crippen LogP contribution in [0.1, 0.15) is 46.7 Å². The van der Waals surface area contributed by atoms with Crippen LogP contribution in [0.15, 0.2) is 24.3 Å². The molecule has 1 aromatic carbocycles. The minimum Gasteiger partial charge on any atom is -0.383 e. The van der Waals surface area contributed by atoms with Crippen molar-refractivity contribution in [2.24, 2.45) is 0 Å². The maximum Gasteiger partial charge on any atom is 0.169 e. The Morgan fingerprint density at radius 3 is 2.62 bits per heavy atom. The minimum absolute atomic E-state index is 0.0244. The van der Waals surface area contributed by atoms with Crippen molar-refractivity contribution >= 4 is 23.2 Å². The number of ketones is 1. The molecule has 21 heavy (non-hydrogen) atoms. The summed E-state index contributed by atoms with van der Waals surface area (Å²) in [5, 5.41) is 0.695. The van der Waals surface area contributed by atoms with Gasteiger partial charge in [0.05, 0.1) is 11.3 Å². The first kappa shape index (κ1) is 14.0. The largest absolute Gasteiger partial charge is 0.383 e. The Balaban J connectivity index is 1.99. The minimum atomic E-state index is 0.0244. The molecule has 108 valence electrons. The molecule has 0 saturated heterocycles. The van der Waals surface area contributed by atoms with Crippen molar-refractivity contribution in [3.8, 4) is 0 Å². The molecule has 1 heterocycles. The van der Waals surface area contributed by atoms with Crippen molar-refractivity contribution in [1.82, 2.24) is 9.97 Å². The molecule has 4 nitrogen and oxygen atoms in total. The van der Waals surface area contributed by atoms with Crippen molar-refractivity contribution in [2.75, 3.05) is 5.73 Å². The molecule has 0 radical (unpaired) electrons. The molecular weight excluding hydrogens is 286 g/mol. The number of aryl methyl sites for hydroxylation is 1. The Hall–Kier alpha value is -1.94. The fourth-order valence-corrected chi connectivity index (χ4v) is 2.92. The SMILES string of the molecule is CCc1nc(N)c2c(n1)C[C@@H](c1ccc(Cl)cc1)CC2=O. The lowest BCUT2D eigenvalue weighted by Gasteiger charge is -2.24. The van der Waals surface area contributed by atoms with Crippen LogP contribution in [0.5, 0.6) is 0 Å². The number of carbonyl (C=O) groups excluding carboxylic acids is 1. The van der Waals surface area contributed by atoms with Crippen LogP contribution in [0.2, 0.25) is 5.02 Å². The Labute approximate surface area is 128 Å². The highest BCUT2D eigenvalue weighted by atomic mass is 35.5. The number of halogens is 1. The van der Waals surface area contributed by atoms with E-state index in [-0.39, 0.29) is 11.7 Å². The van der Waals surface area contributed by atoms with E-state index in [4.69, 9.17) is 17.3 Å². The number of carbonyl (C=O) groups is 1. The molecule has 0 bridgehead atoms. The molecule has 2 aromatic rings. The molecule has 1 aliphatic rings. The molecule has 1 aliphatic carbocycles. The summed E-state index contributed by atoms with van der Waals surface area (Å²) in [6.45, 7) is 1.97. The molecule has 0 saturated carbocycles. The predicted molar refractivity (Wildman–Crippen MR) is 82.7 cm³/mol. The number of aromatic nitrogens is 2. The average Bonchev–Trinajstić information content (AvgIpc) is 2.46. The van der Waals surface area contributed by atoms with E-state index in [2.05, 4.69) is 9.97 Å². The van der Waals surface area contributed by atoms with Gasteiger partial charge >= 0.3 is 0 Å². The van der Waals surface area contributed by atoms with E-state index in [0.29, 0.717) is 41.5 Å². The first-order chi connectivity index (χ1) is 10.1. The van der Waals surface area contributed by atoms with Gasteiger partial charge in [-0.05, 0) is 30.0 Å². The number of Topliss-reactive ketones (excluding diaryl/α,β-unsaturated/α-hetero) is 1. The van der Waals surface area contributed by atoms with Gasteiger partial charge < -0.3 is 5.73 Å². The van der Waals surface area contributed by atoms with Crippen LogP contribution in [-0.4, -0.2) is 15.8 Å². The molecule has 1 aromatic heterocycles. The number of rotatable bonds is 2. The van der Waals surface area contributed by atoms with Crippen molar-refractivity contribution in [3.63, 3.8) is 0 Å². The second kappa shape index (κ2) is 5.45. The van der Waals surface area contributed by atoms with Crippen molar-refractivity contribution in [1.29, 1.82) is 0 Å². The Morgan fingerprint density at radius 1 is 1.24 bits per heavy atom. The number of nitrogen functional groups attached to an aromatic ring is 1. The first-order valence-electron chi connectivity index (χ1n) is 7.02. The zero-order valence-corrected chi connectivity index (χ0v) is 12.5. The second-order valence-electron chi connectivity index (χ2n) is 5.28. The van der Waals surface area contributed by atoms with E-state index >= 15 is 0 Å². The van der Waals surface area contributed by atoms with Crippen LogP contribution in [0, 0.1) is 0 Å². The molecule has 0 aliphatic heterocycles. The lowest BCUT2D eigenvalue weighted by atomic mass is 9.82. The number of hydrogen-bond acceptors (Lipinski definition) is 4. The highest BCUT2D eigenvalue weighted by molar-refractivity contribution is 6.30. The van der Waals surface area contributed by atoms with Gasteiger partial charge in [0, 0.05) is 17.9 Å². The van der Waals surface area contributed by atoms with E-state index in [0.717, 1.165) is 11.3 Å². The van der Waals surface area contributed by atoms with Gasteiger partial charge in [-0.1, -0.05) is 30.7 Å². The van der Waals surface area contributed by atoms with Gasteiger partial charge in [0.2, 0.25) is 0 Å². The Morgan fingerprint density at radius 2 is 1.95 bits per heavy atom. The second-order valence-corrected chi connectivity index (χ2v) is 5.72. The average molecular weight is 302 g/mol. The van der Waals surface area contributed by atoms with Gasteiger partial charge in [-0.3, -0.25) is 4.79 Å². The van der Waals surface area contributed by atoms with Crippen LogP contribution in [0.25, 0.3) is 0 Å². The van der Waals surface area contributed by atoms with E-state index in [1.54, 1.807) is 0 Å². The summed E-state index contributed by atoms with van der Waals surface area (Å²) in [7, 11) is 0. The Kier molecular flexibility index (Phi) is 3.64. The van der Waals surface area contributed by atoms with E-state index < -0.39 is 0 Å². The van der Waals surface area contributed by atoms with Gasteiger partial charge in [0.1, 0.15) is 11.6 Å². The molecule has 5 heteroatoms. The van der Waals surface area contributed by atoms with Crippen molar-refractivity contribution in [2.45, 2.75) is 32.1 Å². The van der Waals surface area contributed by atoms with Crippen LogP contribution in [-0.2, 0) is 12.8 Å². The number of hydrogen-bond donors (Lipinski definition) is 1. The van der Waals surface area contributed by atoms with Gasteiger partial charge in [-0.25, -0.2) is 9.97 Å². The van der Waals surface area contributed by atoms with Crippen molar-refractivity contribution in [3.05, 3.63) is 51.9 Å². The monoisotopic (exact) mass is 301 g/mol. The smallest absolute Gasteiger partial charge is 0.169 e. The lowest BCUT2D eigenvalue weighted by Crippen LogP contribution is -2.23. The lowest BCUT2D eigenvalue weighted by molar-refractivity contribution is 0.0963. The molecule has 3 rings (SSSR count). The molecule has 2 N–H and O–H groups in total. The normalized spacial score (nSPS) is 17.6. The number of anilines is 1. The standard InChI is InChI=1S/C16H16ClN3O/c1-2-14-19-12-7-10(9-3-5-11(17)6-4-9)8-13(21)15(12)16(18)20-14/h3-6,10H,2,7-8H2,1H3,(H2,18,19,20)/t10-/m1/s1. The van der Waals surface area contributed by atoms with Gasteiger partial charge in [-0.2, -0.15) is 0 Å². The third kappa shape index (κ3) is 2.63. The van der Waals surface area contributed by atoms with E-state index in [1.807, 2.05) is 31.2 Å². The quantitative estimate of drug-likeness (QED) is 0.925. The summed E-state index contributed by atoms with van der Waals surface area (Å²) in [6, 6.07) is 7.64. The third-order valence-electron chi connectivity index (χ3n) is 3.87. The van der Waals surface area contributed by atoms with Gasteiger partial charge in [-0.15, -0.1) is 0 Å². The van der Waals surface area contributed by atoms with Gasteiger partial charge in [0.25, 0.3) is 0 Å². The zero-order chi connectivity index (χ0) is 15.0. The number of benzene rings is 1. The Bertz CT molecular complexity index is 697. The molecular formula is C16H16ClN3O. The molecule has 0 fully saturated rings. The van der Waals surface area contributed by atoms with Crippen LogP contribution >= 0.6 is 11.6 Å². The highest BCUT2D eigenvalue weighted by Gasteiger charge is 2.30. The summed E-state index contributed by atoms with van der Waals surface area (Å²) < 4.78 is 0. The van der Waals surface area contributed by atoms with Crippen LogP contribution in [0.4, 0.5) is 5.82 Å². The first-order valence-corrected chi connectivity index (χ1v) is 7.40. The van der Waals surface area contributed by atoms with E-state index in [1.165, 1.54) is 0 Å². The molecule has 0 amide bonds. The van der Waals surface area contributed by atoms with Crippen LogP contribution in [0.3, 0.4) is 0 Å². The fraction of sp³-hybridized carbons (Fsp3) is 0.312.